The molecule has 2 aromatic heterocycles. The Hall–Kier alpha value is -2.64. The first kappa shape index (κ1) is 27.9. The topological polar surface area (TPSA) is 102 Å². The van der Waals surface area contributed by atoms with Crippen LogP contribution in [0.5, 0.6) is 0 Å². The van der Waals surface area contributed by atoms with Crippen LogP contribution in [-0.4, -0.2) is 56.9 Å². The van der Waals surface area contributed by atoms with Crippen molar-refractivity contribution in [1.82, 2.24) is 10.4 Å². The molecule has 2 amide bonds. The maximum absolute atomic E-state index is 14.0. The lowest BCUT2D eigenvalue weighted by molar-refractivity contribution is -0.200. The number of hydroxylamine groups is 1. The zero-order valence-electron chi connectivity index (χ0n) is 21.1. The number of rotatable bonds is 7. The summed E-state index contributed by atoms with van der Waals surface area (Å²) < 4.78 is 45.4. The Morgan fingerprint density at radius 1 is 1.13 bits per heavy atom. The molecule has 2 aliphatic rings. The van der Waals surface area contributed by atoms with E-state index in [4.69, 9.17) is 9.57 Å². The molecule has 5 rings (SSSR count). The molecule has 12 heteroatoms. The summed E-state index contributed by atoms with van der Waals surface area (Å²) in [6.07, 6.45) is 1.57. The summed E-state index contributed by atoms with van der Waals surface area (Å²) in [6, 6.07) is 11.2. The molecule has 1 aromatic carbocycles. The average molecular weight is 593 g/mol. The fourth-order valence-electron chi connectivity index (χ4n) is 4.93. The van der Waals surface area contributed by atoms with Crippen molar-refractivity contribution in [3.05, 3.63) is 69.5 Å². The monoisotopic (exact) mass is 592 g/mol. The van der Waals surface area contributed by atoms with Gasteiger partial charge in [0.2, 0.25) is 5.91 Å². The molecule has 4 heterocycles. The van der Waals surface area contributed by atoms with E-state index in [1.807, 2.05) is 0 Å². The predicted molar refractivity (Wildman–Crippen MR) is 147 cm³/mol. The fraction of sp³-hybridized carbons (Fsp3) is 0.407. The van der Waals surface area contributed by atoms with Crippen LogP contribution in [0, 0.1) is 5.82 Å². The molecule has 1 N–H and O–H groups in total. The number of nitrogens with zero attached hydrogens (tertiary/aromatic N) is 1. The van der Waals surface area contributed by atoms with Gasteiger partial charge in [-0.1, -0.05) is 12.1 Å². The van der Waals surface area contributed by atoms with E-state index in [-0.39, 0.29) is 43.4 Å². The van der Waals surface area contributed by atoms with Crippen molar-refractivity contribution in [2.24, 2.45) is 0 Å². The Balaban J connectivity index is 1.45. The SMILES string of the molecule is O=C(CC1(c2ccc(-c3ccc(F)cc3)s2)CCN(C(=O)c2ccsc2)CCS1(=O)=O)NOC1CCCCO1. The zero-order chi connectivity index (χ0) is 27.5. The highest BCUT2D eigenvalue weighted by atomic mass is 32.2. The highest BCUT2D eigenvalue weighted by Crippen LogP contribution is 2.45. The minimum Gasteiger partial charge on any atom is -0.350 e. The molecule has 0 saturated carbocycles. The molecule has 8 nitrogen and oxygen atoms in total. The van der Waals surface area contributed by atoms with Gasteiger partial charge in [0, 0.05) is 41.3 Å². The number of benzene rings is 1. The summed E-state index contributed by atoms with van der Waals surface area (Å²) in [5.41, 5.74) is 3.66. The maximum atomic E-state index is 14.0. The van der Waals surface area contributed by atoms with Gasteiger partial charge in [0.15, 0.2) is 16.1 Å². The second kappa shape index (κ2) is 11.8. The van der Waals surface area contributed by atoms with Crippen LogP contribution in [0.2, 0.25) is 0 Å². The average Bonchev–Trinajstić information content (AvgIpc) is 3.63. The quantitative estimate of drug-likeness (QED) is 0.398. The van der Waals surface area contributed by atoms with Gasteiger partial charge in [-0.25, -0.2) is 23.1 Å². The van der Waals surface area contributed by atoms with Crippen molar-refractivity contribution >= 4 is 44.3 Å². The van der Waals surface area contributed by atoms with E-state index in [1.165, 1.54) is 34.8 Å². The molecule has 0 radical (unpaired) electrons. The summed E-state index contributed by atoms with van der Waals surface area (Å²) in [5, 5.41) is 3.54. The Bertz CT molecular complexity index is 1400. The third-order valence-electron chi connectivity index (χ3n) is 7.14. The first-order chi connectivity index (χ1) is 18.8. The standard InChI is InChI=1S/C27H29FN2O6S3/c28-21-6-4-19(5-7-21)22-8-9-23(38-22)27(17-24(31)29-36-25-3-1-2-14-35-25)11-12-30(13-16-39(27,33)34)26(32)20-10-15-37-18-20/h4-10,15,18,25H,1-3,11-14,16-17H2,(H,29,31). The third-order valence-corrected chi connectivity index (χ3v) is 11.8. The molecule has 2 aliphatic heterocycles. The summed E-state index contributed by atoms with van der Waals surface area (Å²) in [4.78, 5) is 34.5. The number of amides is 2. The summed E-state index contributed by atoms with van der Waals surface area (Å²) in [7, 11) is -3.91. The van der Waals surface area contributed by atoms with Gasteiger partial charge in [0.05, 0.1) is 17.7 Å². The Morgan fingerprint density at radius 2 is 1.95 bits per heavy atom. The van der Waals surface area contributed by atoms with Gasteiger partial charge in [-0.15, -0.1) is 11.3 Å². The maximum Gasteiger partial charge on any atom is 0.254 e. The van der Waals surface area contributed by atoms with Crippen LogP contribution in [0.4, 0.5) is 4.39 Å². The van der Waals surface area contributed by atoms with Crippen molar-refractivity contribution in [3.63, 3.8) is 0 Å². The van der Waals surface area contributed by atoms with E-state index in [0.717, 1.165) is 23.3 Å². The molecule has 0 spiro atoms. The molecule has 39 heavy (non-hydrogen) atoms. The second-order valence-electron chi connectivity index (χ2n) is 9.65. The highest BCUT2D eigenvalue weighted by molar-refractivity contribution is 7.92. The lowest BCUT2D eigenvalue weighted by Crippen LogP contribution is -2.43. The predicted octanol–water partition coefficient (Wildman–Crippen LogP) is 4.74. The molecule has 3 aromatic rings. The number of thiophene rings is 2. The number of hydrogen-bond donors (Lipinski definition) is 1. The Kier molecular flexibility index (Phi) is 8.48. The molecular formula is C27H29FN2O6S3. The molecule has 2 atom stereocenters. The van der Waals surface area contributed by atoms with Crippen molar-refractivity contribution in [3.8, 4) is 10.4 Å². The van der Waals surface area contributed by atoms with Gasteiger partial charge in [-0.2, -0.15) is 11.3 Å². The third kappa shape index (κ3) is 6.09. The first-order valence-corrected chi connectivity index (χ1v) is 16.1. The minimum atomic E-state index is -3.91. The van der Waals surface area contributed by atoms with Crippen LogP contribution < -0.4 is 5.48 Å². The van der Waals surface area contributed by atoms with Gasteiger partial charge in [0.25, 0.3) is 5.91 Å². The van der Waals surface area contributed by atoms with Gasteiger partial charge in [-0.3, -0.25) is 9.59 Å². The van der Waals surface area contributed by atoms with E-state index < -0.39 is 26.8 Å². The Morgan fingerprint density at radius 3 is 2.67 bits per heavy atom. The van der Waals surface area contributed by atoms with Crippen LogP contribution in [0.3, 0.4) is 0 Å². The molecular weight excluding hydrogens is 564 g/mol. The van der Waals surface area contributed by atoms with Crippen LogP contribution in [0.1, 0.15) is 47.3 Å². The smallest absolute Gasteiger partial charge is 0.254 e. The largest absolute Gasteiger partial charge is 0.350 e. The van der Waals surface area contributed by atoms with E-state index in [2.05, 4.69) is 5.48 Å². The van der Waals surface area contributed by atoms with Crippen LogP contribution >= 0.6 is 22.7 Å². The molecule has 208 valence electrons. The Labute approximate surface area is 234 Å². The lowest BCUT2D eigenvalue weighted by Gasteiger charge is -2.31. The fourth-order valence-corrected chi connectivity index (χ4v) is 9.16. The van der Waals surface area contributed by atoms with E-state index in [0.29, 0.717) is 23.5 Å². The van der Waals surface area contributed by atoms with Crippen LogP contribution in [0.15, 0.2) is 53.2 Å². The molecule has 2 unspecified atom stereocenters. The summed E-state index contributed by atoms with van der Waals surface area (Å²) in [5.74, 6) is -1.47. The van der Waals surface area contributed by atoms with Gasteiger partial charge >= 0.3 is 0 Å². The van der Waals surface area contributed by atoms with Crippen molar-refractivity contribution in [1.29, 1.82) is 0 Å². The number of ether oxygens (including phenoxy) is 1. The zero-order valence-corrected chi connectivity index (χ0v) is 23.6. The number of carbonyl (C=O) groups excluding carboxylic acids is 2. The molecule has 0 aliphatic carbocycles. The molecule has 0 bridgehead atoms. The normalized spacial score (nSPS) is 23.2. The first-order valence-electron chi connectivity index (χ1n) is 12.7. The number of nitrogens with one attached hydrogen (secondary N) is 1. The highest BCUT2D eigenvalue weighted by Gasteiger charge is 2.50. The van der Waals surface area contributed by atoms with E-state index in [1.54, 1.807) is 46.0 Å². The molecule has 2 saturated heterocycles. The molecule has 2 fully saturated rings. The second-order valence-corrected chi connectivity index (χ2v) is 13.9. The number of carbonyl (C=O) groups is 2. The van der Waals surface area contributed by atoms with Crippen LogP contribution in [0.25, 0.3) is 10.4 Å². The summed E-state index contributed by atoms with van der Waals surface area (Å²) in [6.45, 7) is 0.731. The number of hydrogen-bond acceptors (Lipinski definition) is 8. The lowest BCUT2D eigenvalue weighted by atomic mass is 9.97. The van der Waals surface area contributed by atoms with Gasteiger partial charge in [0.1, 0.15) is 10.6 Å². The summed E-state index contributed by atoms with van der Waals surface area (Å²) >= 11 is 2.65. The van der Waals surface area contributed by atoms with Crippen molar-refractivity contribution in [2.45, 2.75) is 43.1 Å². The van der Waals surface area contributed by atoms with Gasteiger partial charge < -0.3 is 9.64 Å². The van der Waals surface area contributed by atoms with Crippen molar-refractivity contribution < 1.29 is 32.0 Å². The van der Waals surface area contributed by atoms with Gasteiger partial charge in [-0.05, 0) is 60.5 Å². The van der Waals surface area contributed by atoms with Crippen LogP contribution in [-0.2, 0) is 29.0 Å². The van der Waals surface area contributed by atoms with E-state index in [9.17, 15) is 22.4 Å². The van der Waals surface area contributed by atoms with Crippen molar-refractivity contribution in [2.75, 3.05) is 25.4 Å². The van der Waals surface area contributed by atoms with E-state index >= 15 is 0 Å². The number of sulfone groups is 1. The number of halogens is 1. The minimum absolute atomic E-state index is 0.0307.